The molecule has 1 saturated heterocycles. The molecule has 7 heteroatoms. The summed E-state index contributed by atoms with van der Waals surface area (Å²) in [6.45, 7) is 3.15. The van der Waals surface area contributed by atoms with Crippen molar-refractivity contribution >= 4 is 5.91 Å². The summed E-state index contributed by atoms with van der Waals surface area (Å²) >= 11 is 0. The third kappa shape index (κ3) is 6.01. The molecule has 0 bridgehead atoms. The Hall–Kier alpha value is -3.81. The Balaban J connectivity index is 1.34. The Morgan fingerprint density at radius 2 is 1.66 bits per heavy atom. The van der Waals surface area contributed by atoms with Crippen molar-refractivity contribution < 1.29 is 9.53 Å². The molecule has 35 heavy (non-hydrogen) atoms. The Morgan fingerprint density at radius 1 is 0.886 bits per heavy atom. The zero-order chi connectivity index (χ0) is 23.9. The number of nitrogens with one attached hydrogen (secondary N) is 1. The molecule has 1 fully saturated rings. The van der Waals surface area contributed by atoms with E-state index in [4.69, 9.17) is 4.74 Å². The van der Waals surface area contributed by atoms with Gasteiger partial charge in [0.15, 0.2) is 0 Å². The van der Waals surface area contributed by atoms with E-state index >= 15 is 0 Å². The van der Waals surface area contributed by atoms with Crippen molar-refractivity contribution in [1.29, 1.82) is 0 Å². The number of ether oxygens (including phenoxy) is 1. The first kappa shape index (κ1) is 23.0. The summed E-state index contributed by atoms with van der Waals surface area (Å²) in [6.07, 6.45) is 5.29. The summed E-state index contributed by atoms with van der Waals surface area (Å²) in [5.41, 5.74) is 5.26. The van der Waals surface area contributed by atoms with Crippen LogP contribution in [0.4, 0.5) is 0 Å². The van der Waals surface area contributed by atoms with Gasteiger partial charge in [0.2, 0.25) is 5.91 Å². The van der Waals surface area contributed by atoms with E-state index in [9.17, 15) is 4.79 Å². The summed E-state index contributed by atoms with van der Waals surface area (Å²) < 4.78 is 6.35. The van der Waals surface area contributed by atoms with Crippen LogP contribution in [0.5, 0.6) is 0 Å². The molecule has 0 radical (unpaired) electrons. The molecule has 0 saturated carbocycles. The van der Waals surface area contributed by atoms with E-state index in [2.05, 4.69) is 44.3 Å². The number of hydrogen-bond donors (Lipinski definition) is 1. The minimum atomic E-state index is -0.120. The molecule has 1 atom stereocenters. The molecule has 1 aliphatic heterocycles. The molecule has 178 valence electrons. The van der Waals surface area contributed by atoms with Crippen LogP contribution in [0.15, 0.2) is 91.4 Å². The van der Waals surface area contributed by atoms with Crippen molar-refractivity contribution in [2.24, 2.45) is 0 Å². The van der Waals surface area contributed by atoms with Crippen molar-refractivity contribution in [2.75, 3.05) is 19.6 Å². The predicted molar refractivity (Wildman–Crippen MR) is 134 cm³/mol. The second kappa shape index (κ2) is 11.1. The van der Waals surface area contributed by atoms with E-state index in [1.165, 1.54) is 0 Å². The van der Waals surface area contributed by atoms with Gasteiger partial charge >= 0.3 is 0 Å². The molecule has 2 aromatic heterocycles. The number of amides is 1. The van der Waals surface area contributed by atoms with E-state index < -0.39 is 0 Å². The SMILES string of the molecule is O=C1CN(Cc2cn[nH]c2-c2ccccc2)CC(OCc2ccccc2)CN1Cc1cccnc1. The van der Waals surface area contributed by atoms with Gasteiger partial charge in [0.1, 0.15) is 0 Å². The molecule has 3 heterocycles. The molecule has 0 spiro atoms. The lowest BCUT2D eigenvalue weighted by molar-refractivity contribution is -0.132. The van der Waals surface area contributed by atoms with Gasteiger partial charge in [-0.2, -0.15) is 5.10 Å². The summed E-state index contributed by atoms with van der Waals surface area (Å²) in [4.78, 5) is 21.6. The standard InChI is InChI=1S/C28H29N5O2/c34-27-20-32(17-25-15-30-31-28(25)24-11-5-2-6-12-24)18-26(35-21-22-8-3-1-4-9-22)19-33(27)16-23-10-7-13-29-14-23/h1-15,26H,16-21H2,(H,30,31). The zero-order valence-electron chi connectivity index (χ0n) is 19.6. The fourth-order valence-electron chi connectivity index (χ4n) is 4.45. The van der Waals surface area contributed by atoms with Crippen LogP contribution in [0.2, 0.25) is 0 Å². The number of carbonyl (C=O) groups excluding carboxylic acids is 1. The van der Waals surface area contributed by atoms with E-state index in [-0.39, 0.29) is 12.0 Å². The predicted octanol–water partition coefficient (Wildman–Crippen LogP) is 3.90. The highest BCUT2D eigenvalue weighted by molar-refractivity contribution is 5.78. The first-order chi connectivity index (χ1) is 17.2. The Labute approximate surface area is 205 Å². The van der Waals surface area contributed by atoms with Gasteiger partial charge in [-0.3, -0.25) is 19.8 Å². The lowest BCUT2D eigenvalue weighted by Crippen LogP contribution is -2.37. The third-order valence-corrected chi connectivity index (χ3v) is 6.20. The van der Waals surface area contributed by atoms with Crippen molar-refractivity contribution in [3.63, 3.8) is 0 Å². The average molecular weight is 468 g/mol. The van der Waals surface area contributed by atoms with E-state index in [0.717, 1.165) is 27.9 Å². The van der Waals surface area contributed by atoms with Gasteiger partial charge in [-0.15, -0.1) is 0 Å². The first-order valence-electron chi connectivity index (χ1n) is 11.9. The molecule has 1 aliphatic rings. The minimum absolute atomic E-state index is 0.0874. The summed E-state index contributed by atoms with van der Waals surface area (Å²) in [5, 5.41) is 7.41. The maximum atomic E-state index is 13.3. The van der Waals surface area contributed by atoms with Crippen molar-refractivity contribution in [3.8, 4) is 11.3 Å². The third-order valence-electron chi connectivity index (χ3n) is 6.20. The Kier molecular flexibility index (Phi) is 7.27. The number of aromatic amines is 1. The fourth-order valence-corrected chi connectivity index (χ4v) is 4.45. The molecule has 1 amide bonds. The quantitative estimate of drug-likeness (QED) is 0.425. The molecule has 4 aromatic rings. The van der Waals surface area contributed by atoms with Gasteiger partial charge in [-0.05, 0) is 22.8 Å². The second-order valence-electron chi connectivity index (χ2n) is 8.86. The first-order valence-corrected chi connectivity index (χ1v) is 11.9. The van der Waals surface area contributed by atoms with Crippen molar-refractivity contribution in [1.82, 2.24) is 25.0 Å². The Morgan fingerprint density at radius 3 is 2.43 bits per heavy atom. The zero-order valence-corrected chi connectivity index (χ0v) is 19.6. The van der Waals surface area contributed by atoms with E-state index in [1.807, 2.05) is 65.8 Å². The number of H-pyrrole nitrogens is 1. The fraction of sp³-hybridized carbons (Fsp3) is 0.250. The second-order valence-corrected chi connectivity index (χ2v) is 8.86. The van der Waals surface area contributed by atoms with E-state index in [1.54, 1.807) is 6.20 Å². The monoisotopic (exact) mass is 467 g/mol. The molecule has 7 nitrogen and oxygen atoms in total. The summed E-state index contributed by atoms with van der Waals surface area (Å²) in [5.74, 6) is 0.0874. The van der Waals surface area contributed by atoms with Crippen molar-refractivity contribution in [2.45, 2.75) is 25.8 Å². The van der Waals surface area contributed by atoms with Gasteiger partial charge in [-0.25, -0.2) is 0 Å². The summed E-state index contributed by atoms with van der Waals surface area (Å²) in [7, 11) is 0. The number of benzene rings is 2. The van der Waals surface area contributed by atoms with Crippen LogP contribution in [0.25, 0.3) is 11.3 Å². The van der Waals surface area contributed by atoms with Crippen LogP contribution < -0.4 is 0 Å². The summed E-state index contributed by atoms with van der Waals surface area (Å²) in [6, 6.07) is 24.2. The highest BCUT2D eigenvalue weighted by Gasteiger charge is 2.29. The maximum Gasteiger partial charge on any atom is 0.237 e. The molecule has 0 aliphatic carbocycles. The molecular formula is C28H29N5O2. The van der Waals surface area contributed by atoms with Crippen LogP contribution in [-0.4, -0.2) is 56.6 Å². The van der Waals surface area contributed by atoms with Crippen molar-refractivity contribution in [3.05, 3.63) is 108 Å². The number of nitrogens with zero attached hydrogens (tertiary/aromatic N) is 4. The molecule has 2 aromatic carbocycles. The highest BCUT2D eigenvalue weighted by atomic mass is 16.5. The van der Waals surface area contributed by atoms with Gasteiger partial charge < -0.3 is 9.64 Å². The number of hydrogen-bond acceptors (Lipinski definition) is 5. The molecule has 1 unspecified atom stereocenters. The lowest BCUT2D eigenvalue weighted by Gasteiger charge is -2.25. The molecule has 1 N–H and O–H groups in total. The van der Waals surface area contributed by atoms with Crippen LogP contribution in [0, 0.1) is 0 Å². The van der Waals surface area contributed by atoms with Gasteiger partial charge in [0.25, 0.3) is 0 Å². The smallest absolute Gasteiger partial charge is 0.237 e. The minimum Gasteiger partial charge on any atom is -0.370 e. The maximum absolute atomic E-state index is 13.3. The number of pyridine rings is 1. The number of aromatic nitrogens is 3. The lowest BCUT2D eigenvalue weighted by atomic mass is 10.1. The topological polar surface area (TPSA) is 74.3 Å². The molecular weight excluding hydrogens is 438 g/mol. The van der Waals surface area contributed by atoms with Crippen LogP contribution >= 0.6 is 0 Å². The van der Waals surface area contributed by atoms with Gasteiger partial charge in [0, 0.05) is 44.1 Å². The number of carbonyl (C=O) groups is 1. The van der Waals surface area contributed by atoms with Gasteiger partial charge in [-0.1, -0.05) is 66.7 Å². The van der Waals surface area contributed by atoms with Crippen LogP contribution in [-0.2, 0) is 29.2 Å². The molecule has 5 rings (SSSR count). The average Bonchev–Trinajstić information content (AvgIpc) is 3.30. The van der Waals surface area contributed by atoms with Crippen LogP contribution in [0.1, 0.15) is 16.7 Å². The van der Waals surface area contributed by atoms with Gasteiger partial charge in [0.05, 0.1) is 31.1 Å². The Bertz CT molecular complexity index is 1210. The largest absolute Gasteiger partial charge is 0.370 e. The highest BCUT2D eigenvalue weighted by Crippen LogP contribution is 2.23. The van der Waals surface area contributed by atoms with Crippen LogP contribution in [0.3, 0.4) is 0 Å². The number of rotatable bonds is 8. The normalized spacial score (nSPS) is 16.9. The van der Waals surface area contributed by atoms with E-state index in [0.29, 0.717) is 39.3 Å².